The first kappa shape index (κ1) is 44.7. The molecule has 1 fully saturated rings. The fourth-order valence-electron chi connectivity index (χ4n) is 7.18. The number of aromatic nitrogens is 12. The number of alkyl halides is 1. The zero-order valence-corrected chi connectivity index (χ0v) is 37.3. The van der Waals surface area contributed by atoms with Gasteiger partial charge in [0.2, 0.25) is 0 Å². The number of ether oxygens (including phenoxy) is 2. The molecule has 0 saturated carbocycles. The second-order valence-electron chi connectivity index (χ2n) is 16.5. The second-order valence-corrected chi connectivity index (χ2v) is 16.5. The maximum atomic E-state index is 12.2. The Kier molecular flexibility index (Phi) is 14.6. The zero-order chi connectivity index (χ0) is 45.1. The Morgan fingerprint density at radius 1 is 0.615 bits per heavy atom. The number of rotatable bonds is 18. The standard InChI is InChI=1S/C26H31FN8O.C21H23N7O/c1-18(2)19-11-26(33-29-13-19)32-25-5-4-23-24(31-25)10-20(12-28-23)21-14-30-35(15-21)8-3-7-34-16-22(17-34)36-9-6-27;1-14(2)15-9-21(27-23-11-15)26-20-5-4-18-19(25-20)8-16(10-22-18)17-12-24-28(13-17)6-7-29-3/h4-5,10-15,18,22H,3,6-9,16-17H2,1-2H3,(H,31,32,33);4-5,8-14H,6-7H2,1-3H3,(H,25,26,27). The van der Waals surface area contributed by atoms with Crippen molar-refractivity contribution in [2.45, 2.75) is 65.1 Å². The lowest BCUT2D eigenvalue weighted by atomic mass is 10.1. The molecule has 0 amide bonds. The molecule has 17 nitrogen and oxygen atoms in total. The Balaban J connectivity index is 0.000000181. The highest BCUT2D eigenvalue weighted by Gasteiger charge is 2.26. The average Bonchev–Trinajstić information content (AvgIpc) is 3.99. The highest BCUT2D eigenvalue weighted by atomic mass is 19.1. The van der Waals surface area contributed by atoms with Crippen LogP contribution in [0.4, 0.5) is 27.7 Å². The minimum atomic E-state index is -0.416. The molecule has 0 aliphatic carbocycles. The largest absolute Gasteiger partial charge is 0.383 e. The van der Waals surface area contributed by atoms with E-state index in [1.807, 2.05) is 95.1 Å². The van der Waals surface area contributed by atoms with Crippen LogP contribution in [0.15, 0.2) is 98.1 Å². The van der Waals surface area contributed by atoms with E-state index in [1.54, 1.807) is 19.5 Å². The summed E-state index contributed by atoms with van der Waals surface area (Å²) in [6, 6.07) is 15.7. The molecule has 8 aromatic heterocycles. The number of nitrogens with zero attached hydrogens (tertiary/aromatic N) is 13. The predicted octanol–water partition coefficient (Wildman–Crippen LogP) is 8.01. The Morgan fingerprint density at radius 3 is 1.66 bits per heavy atom. The molecule has 1 aliphatic rings. The third kappa shape index (κ3) is 11.8. The van der Waals surface area contributed by atoms with E-state index in [-0.39, 0.29) is 12.7 Å². The molecule has 0 unspecified atom stereocenters. The number of halogens is 1. The maximum absolute atomic E-state index is 12.2. The van der Waals surface area contributed by atoms with E-state index in [4.69, 9.17) is 19.4 Å². The Morgan fingerprint density at radius 2 is 1.15 bits per heavy atom. The van der Waals surface area contributed by atoms with Crippen molar-refractivity contribution in [1.29, 1.82) is 0 Å². The highest BCUT2D eigenvalue weighted by molar-refractivity contribution is 5.83. The Hall–Kier alpha value is -6.89. The third-order valence-electron chi connectivity index (χ3n) is 10.9. The summed E-state index contributed by atoms with van der Waals surface area (Å²) in [4.78, 5) is 20.9. The summed E-state index contributed by atoms with van der Waals surface area (Å²) in [7, 11) is 1.68. The predicted molar refractivity (Wildman–Crippen MR) is 249 cm³/mol. The SMILES string of the molecule is CC(C)c1cnnc(Nc2ccc3ncc(-c4cnn(CCCN5CC(OCCF)C5)c4)cc3n2)c1.COCCn1cc(-c2cnc3ccc(Nc4cc(C(C)C)cnn4)nc3c2)cn1. The molecule has 0 radical (unpaired) electrons. The van der Waals surface area contributed by atoms with Crippen LogP contribution in [0.2, 0.25) is 0 Å². The molecule has 65 heavy (non-hydrogen) atoms. The Labute approximate surface area is 376 Å². The van der Waals surface area contributed by atoms with Gasteiger partial charge in [0.15, 0.2) is 11.6 Å². The second kappa shape index (κ2) is 21.2. The number of hydrogen-bond donors (Lipinski definition) is 2. The summed E-state index contributed by atoms with van der Waals surface area (Å²) in [6.45, 7) is 13.2. The number of pyridine rings is 4. The van der Waals surface area contributed by atoms with Crippen LogP contribution in [-0.4, -0.2) is 118 Å². The summed E-state index contributed by atoms with van der Waals surface area (Å²) >= 11 is 0. The molecule has 8 aromatic rings. The van der Waals surface area contributed by atoms with Gasteiger partial charge in [-0.25, -0.2) is 14.4 Å². The van der Waals surface area contributed by atoms with Crippen LogP contribution in [0.5, 0.6) is 0 Å². The van der Waals surface area contributed by atoms with Crippen LogP contribution >= 0.6 is 0 Å². The first-order valence-corrected chi connectivity index (χ1v) is 21.9. The van der Waals surface area contributed by atoms with Crippen molar-refractivity contribution in [3.63, 3.8) is 0 Å². The molecule has 9 rings (SSSR count). The van der Waals surface area contributed by atoms with Crippen molar-refractivity contribution in [2.75, 3.05) is 57.3 Å². The molecular weight excluding hydrogens is 826 g/mol. The van der Waals surface area contributed by atoms with Gasteiger partial charge in [-0.15, -0.1) is 10.2 Å². The van der Waals surface area contributed by atoms with E-state index < -0.39 is 6.67 Å². The molecule has 336 valence electrons. The van der Waals surface area contributed by atoms with Gasteiger partial charge < -0.3 is 20.1 Å². The van der Waals surface area contributed by atoms with Crippen molar-refractivity contribution in [1.82, 2.24) is 64.8 Å². The number of likely N-dealkylation sites (tertiary alicyclic amines) is 1. The fraction of sp³-hybridized carbons (Fsp3) is 0.362. The van der Waals surface area contributed by atoms with Gasteiger partial charge in [-0.2, -0.15) is 20.4 Å². The van der Waals surface area contributed by atoms with Crippen molar-refractivity contribution >= 4 is 45.3 Å². The van der Waals surface area contributed by atoms with Crippen LogP contribution in [-0.2, 0) is 22.6 Å². The van der Waals surface area contributed by atoms with Crippen molar-refractivity contribution < 1.29 is 13.9 Å². The first-order valence-electron chi connectivity index (χ1n) is 21.9. The number of anilines is 4. The van der Waals surface area contributed by atoms with Gasteiger partial charge >= 0.3 is 0 Å². The molecule has 0 bridgehead atoms. The lowest BCUT2D eigenvalue weighted by Gasteiger charge is -2.38. The quantitative estimate of drug-likeness (QED) is 0.0844. The van der Waals surface area contributed by atoms with Gasteiger partial charge in [0.05, 0.1) is 72.7 Å². The summed E-state index contributed by atoms with van der Waals surface area (Å²) < 4.78 is 26.5. The number of fused-ring (bicyclic) bond motifs is 2. The third-order valence-corrected chi connectivity index (χ3v) is 10.9. The van der Waals surface area contributed by atoms with E-state index in [9.17, 15) is 4.39 Å². The molecule has 2 N–H and O–H groups in total. The summed E-state index contributed by atoms with van der Waals surface area (Å²) in [6.07, 6.45) is 16.2. The van der Waals surface area contributed by atoms with Crippen LogP contribution < -0.4 is 10.6 Å². The smallest absolute Gasteiger partial charge is 0.154 e. The first-order chi connectivity index (χ1) is 31.7. The summed E-state index contributed by atoms with van der Waals surface area (Å²) in [5.74, 6) is 3.48. The van der Waals surface area contributed by atoms with Crippen molar-refractivity contribution in [3.05, 3.63) is 109 Å². The molecule has 0 spiro atoms. The van der Waals surface area contributed by atoms with Gasteiger partial charge in [0, 0.05) is 80.3 Å². The van der Waals surface area contributed by atoms with Crippen molar-refractivity contribution in [3.8, 4) is 22.3 Å². The van der Waals surface area contributed by atoms with E-state index in [1.165, 1.54) is 0 Å². The number of hydrogen-bond acceptors (Lipinski definition) is 15. The van der Waals surface area contributed by atoms with Gasteiger partial charge in [-0.1, -0.05) is 27.7 Å². The van der Waals surface area contributed by atoms with E-state index in [0.717, 1.165) is 88.0 Å². The summed E-state index contributed by atoms with van der Waals surface area (Å²) in [5.41, 5.74) is 9.40. The van der Waals surface area contributed by atoms with E-state index >= 15 is 0 Å². The molecule has 0 atom stereocenters. The maximum Gasteiger partial charge on any atom is 0.154 e. The normalized spacial score (nSPS) is 13.0. The lowest BCUT2D eigenvalue weighted by molar-refractivity contribution is -0.0578. The Bertz CT molecular complexity index is 2810. The fourth-order valence-corrected chi connectivity index (χ4v) is 7.18. The van der Waals surface area contributed by atoms with Gasteiger partial charge in [-0.3, -0.25) is 24.2 Å². The molecule has 9 heterocycles. The van der Waals surface area contributed by atoms with E-state index in [2.05, 4.69) is 83.8 Å². The van der Waals surface area contributed by atoms with Gasteiger partial charge in [-0.05, 0) is 77.9 Å². The minimum absolute atomic E-state index is 0.180. The molecular formula is C47H54FN15O2. The van der Waals surface area contributed by atoms with Crippen LogP contribution in [0.3, 0.4) is 0 Å². The average molecular weight is 880 g/mol. The number of methoxy groups -OCH3 is 1. The van der Waals surface area contributed by atoms with Crippen LogP contribution in [0, 0.1) is 0 Å². The van der Waals surface area contributed by atoms with E-state index in [0.29, 0.717) is 48.3 Å². The lowest BCUT2D eigenvalue weighted by Crippen LogP contribution is -2.52. The van der Waals surface area contributed by atoms with Crippen LogP contribution in [0.25, 0.3) is 44.3 Å². The van der Waals surface area contributed by atoms with Crippen molar-refractivity contribution in [2.24, 2.45) is 0 Å². The molecule has 1 aliphatic heterocycles. The highest BCUT2D eigenvalue weighted by Crippen LogP contribution is 2.26. The monoisotopic (exact) mass is 879 g/mol. The topological polar surface area (TPSA) is 185 Å². The zero-order valence-electron chi connectivity index (χ0n) is 37.3. The van der Waals surface area contributed by atoms with Gasteiger partial charge in [0.1, 0.15) is 18.3 Å². The summed E-state index contributed by atoms with van der Waals surface area (Å²) in [5, 5.41) is 31.9. The number of nitrogens with one attached hydrogen (secondary N) is 2. The van der Waals surface area contributed by atoms with Crippen LogP contribution in [0.1, 0.15) is 57.1 Å². The number of aryl methyl sites for hydroxylation is 1. The van der Waals surface area contributed by atoms with Gasteiger partial charge in [0.25, 0.3) is 0 Å². The molecule has 1 saturated heterocycles. The molecule has 0 aromatic carbocycles. The molecule has 18 heteroatoms. The minimum Gasteiger partial charge on any atom is -0.383 e.